The van der Waals surface area contributed by atoms with Gasteiger partial charge in [-0.3, -0.25) is 0 Å². The van der Waals surface area contributed by atoms with Crippen LogP contribution in [-0.2, 0) is 4.74 Å². The highest BCUT2D eigenvalue weighted by Gasteiger charge is 2.33. The van der Waals surface area contributed by atoms with E-state index >= 15 is 0 Å². The molecule has 1 fully saturated rings. The van der Waals surface area contributed by atoms with Gasteiger partial charge in [-0.05, 0) is 35.8 Å². The summed E-state index contributed by atoms with van der Waals surface area (Å²) >= 11 is 3.37. The lowest BCUT2D eigenvalue weighted by Gasteiger charge is -2.39. The highest BCUT2D eigenvalue weighted by Crippen LogP contribution is 2.30. The lowest BCUT2D eigenvalue weighted by atomic mass is 9.93. The van der Waals surface area contributed by atoms with E-state index in [0.29, 0.717) is 31.5 Å². The maximum absolute atomic E-state index is 10.9. The summed E-state index contributed by atoms with van der Waals surface area (Å²) in [7, 11) is 0. The van der Waals surface area contributed by atoms with Crippen molar-refractivity contribution in [2.75, 3.05) is 18.0 Å². The fourth-order valence-corrected chi connectivity index (χ4v) is 2.73. The summed E-state index contributed by atoms with van der Waals surface area (Å²) in [6.07, 6.45) is 0.610. The van der Waals surface area contributed by atoms with Gasteiger partial charge in [-0.25, -0.2) is 9.78 Å². The van der Waals surface area contributed by atoms with Crippen molar-refractivity contribution < 1.29 is 9.53 Å². The Morgan fingerprint density at radius 3 is 2.71 bits per heavy atom. The Kier molecular flexibility index (Phi) is 4.37. The molecule has 112 valence electrons. The Balaban J connectivity index is 2.15. The zero-order chi connectivity index (χ0) is 15.6. The van der Waals surface area contributed by atoms with Gasteiger partial charge in [0.05, 0.1) is 15.7 Å². The fourth-order valence-electron chi connectivity index (χ4n) is 2.44. The normalized spacial score (nSPS) is 17.1. The summed E-state index contributed by atoms with van der Waals surface area (Å²) < 4.78 is 5.91. The van der Waals surface area contributed by atoms with E-state index < -0.39 is 11.7 Å². The second-order valence-corrected chi connectivity index (χ2v) is 6.19. The highest BCUT2D eigenvalue weighted by molar-refractivity contribution is 9.10. The van der Waals surface area contributed by atoms with Crippen LogP contribution in [0.5, 0.6) is 0 Å². The van der Waals surface area contributed by atoms with E-state index in [1.54, 1.807) is 6.07 Å². The van der Waals surface area contributed by atoms with Gasteiger partial charge in [-0.15, -0.1) is 0 Å². The number of amides is 1. The number of carbonyl (C=O) groups is 1. The molecule has 0 aromatic carbocycles. The third-order valence-corrected chi connectivity index (χ3v) is 4.72. The van der Waals surface area contributed by atoms with E-state index in [1.165, 1.54) is 0 Å². The standard InChI is InChI=1S/C14H17BrN4O2/c1-9-12(15)10(8-16)7-11(18-9)19-5-3-14(2,4-6-19)21-13(17)20/h7H,3-6H2,1-2H3,(H2,17,20). The van der Waals surface area contributed by atoms with E-state index in [0.717, 1.165) is 16.0 Å². The molecule has 1 saturated heterocycles. The van der Waals surface area contributed by atoms with Gasteiger partial charge in [-0.1, -0.05) is 0 Å². The van der Waals surface area contributed by atoms with Gasteiger partial charge >= 0.3 is 6.09 Å². The molecule has 1 amide bonds. The molecular formula is C14H17BrN4O2. The Morgan fingerprint density at radius 1 is 1.57 bits per heavy atom. The number of nitrogens with two attached hydrogens (primary N) is 1. The number of primary amides is 1. The number of aryl methyl sites for hydroxylation is 1. The minimum absolute atomic E-state index is 0.523. The van der Waals surface area contributed by atoms with Gasteiger partial charge in [0.25, 0.3) is 0 Å². The molecular weight excluding hydrogens is 336 g/mol. The smallest absolute Gasteiger partial charge is 0.405 e. The summed E-state index contributed by atoms with van der Waals surface area (Å²) in [6.45, 7) is 5.14. The molecule has 1 aliphatic rings. The van der Waals surface area contributed by atoms with Crippen molar-refractivity contribution in [3.05, 3.63) is 21.8 Å². The van der Waals surface area contributed by atoms with Gasteiger partial charge in [0.2, 0.25) is 0 Å². The summed E-state index contributed by atoms with van der Waals surface area (Å²) in [5.41, 5.74) is 5.93. The Hall–Kier alpha value is -1.81. The minimum atomic E-state index is -0.740. The zero-order valence-corrected chi connectivity index (χ0v) is 13.6. The summed E-state index contributed by atoms with van der Waals surface area (Å²) in [5, 5.41) is 9.15. The van der Waals surface area contributed by atoms with Crippen molar-refractivity contribution in [3.8, 4) is 6.07 Å². The molecule has 1 aromatic rings. The highest BCUT2D eigenvalue weighted by atomic mass is 79.9. The molecule has 0 saturated carbocycles. The average Bonchev–Trinajstić information content (AvgIpc) is 2.41. The molecule has 0 atom stereocenters. The van der Waals surface area contributed by atoms with Crippen molar-refractivity contribution in [2.24, 2.45) is 5.73 Å². The number of anilines is 1. The van der Waals surface area contributed by atoms with Crippen molar-refractivity contribution in [1.29, 1.82) is 5.26 Å². The fraction of sp³-hybridized carbons (Fsp3) is 0.500. The van der Waals surface area contributed by atoms with Gasteiger partial charge in [0.15, 0.2) is 0 Å². The third-order valence-electron chi connectivity index (χ3n) is 3.72. The monoisotopic (exact) mass is 352 g/mol. The molecule has 0 aliphatic carbocycles. The number of carbonyl (C=O) groups excluding carboxylic acids is 1. The van der Waals surface area contributed by atoms with E-state index in [-0.39, 0.29) is 0 Å². The van der Waals surface area contributed by atoms with Gasteiger partial charge < -0.3 is 15.4 Å². The first-order valence-corrected chi connectivity index (χ1v) is 7.44. The Labute approximate surface area is 132 Å². The SMILES string of the molecule is Cc1nc(N2CCC(C)(OC(N)=O)CC2)cc(C#N)c1Br. The zero-order valence-electron chi connectivity index (χ0n) is 12.0. The van der Waals surface area contributed by atoms with Crippen LogP contribution in [0, 0.1) is 18.3 Å². The maximum Gasteiger partial charge on any atom is 0.405 e. The van der Waals surface area contributed by atoms with E-state index in [4.69, 9.17) is 15.7 Å². The number of nitriles is 1. The Bertz CT molecular complexity index is 604. The second-order valence-electron chi connectivity index (χ2n) is 5.40. The summed E-state index contributed by atoms with van der Waals surface area (Å²) in [6, 6.07) is 3.93. The number of ether oxygens (including phenoxy) is 1. The quantitative estimate of drug-likeness (QED) is 0.882. The number of nitrogens with zero attached hydrogens (tertiary/aromatic N) is 3. The molecule has 2 N–H and O–H groups in total. The van der Waals surface area contributed by atoms with E-state index in [1.807, 2.05) is 13.8 Å². The van der Waals surface area contributed by atoms with Crippen LogP contribution in [-0.4, -0.2) is 29.8 Å². The number of pyridine rings is 1. The predicted octanol–water partition coefficient (Wildman–Crippen LogP) is 2.48. The first kappa shape index (κ1) is 15.6. The molecule has 0 unspecified atom stereocenters. The molecule has 1 aliphatic heterocycles. The molecule has 6 nitrogen and oxygen atoms in total. The molecule has 0 radical (unpaired) electrons. The van der Waals surface area contributed by atoms with Crippen LogP contribution >= 0.6 is 15.9 Å². The van der Waals surface area contributed by atoms with Crippen LogP contribution in [0.1, 0.15) is 31.0 Å². The Morgan fingerprint density at radius 2 is 2.19 bits per heavy atom. The number of rotatable bonds is 2. The van der Waals surface area contributed by atoms with Crippen LogP contribution in [0.2, 0.25) is 0 Å². The summed E-state index contributed by atoms with van der Waals surface area (Å²) in [4.78, 5) is 17.5. The largest absolute Gasteiger partial charge is 0.443 e. The predicted molar refractivity (Wildman–Crippen MR) is 81.9 cm³/mol. The number of hydrogen-bond acceptors (Lipinski definition) is 5. The number of hydrogen-bond donors (Lipinski definition) is 1. The molecule has 2 rings (SSSR count). The lowest BCUT2D eigenvalue weighted by molar-refractivity contribution is 0.0126. The van der Waals surface area contributed by atoms with Crippen LogP contribution in [0.25, 0.3) is 0 Å². The van der Waals surface area contributed by atoms with Crippen molar-refractivity contribution in [1.82, 2.24) is 4.98 Å². The van der Waals surface area contributed by atoms with E-state index in [9.17, 15) is 4.79 Å². The van der Waals surface area contributed by atoms with E-state index in [2.05, 4.69) is 31.9 Å². The van der Waals surface area contributed by atoms with Crippen LogP contribution in [0.3, 0.4) is 0 Å². The first-order valence-electron chi connectivity index (χ1n) is 6.65. The van der Waals surface area contributed by atoms with Crippen molar-refractivity contribution in [3.63, 3.8) is 0 Å². The van der Waals surface area contributed by atoms with Crippen LogP contribution < -0.4 is 10.6 Å². The summed E-state index contributed by atoms with van der Waals surface area (Å²) in [5.74, 6) is 0.772. The van der Waals surface area contributed by atoms with Crippen LogP contribution in [0.4, 0.5) is 10.6 Å². The van der Waals surface area contributed by atoms with Crippen LogP contribution in [0.15, 0.2) is 10.5 Å². The van der Waals surface area contributed by atoms with Gasteiger partial charge in [0, 0.05) is 25.9 Å². The number of aromatic nitrogens is 1. The van der Waals surface area contributed by atoms with Gasteiger partial charge in [-0.2, -0.15) is 5.26 Å². The molecule has 0 spiro atoms. The lowest BCUT2D eigenvalue weighted by Crippen LogP contribution is -2.46. The maximum atomic E-state index is 10.9. The molecule has 21 heavy (non-hydrogen) atoms. The minimum Gasteiger partial charge on any atom is -0.443 e. The number of piperidine rings is 1. The average molecular weight is 353 g/mol. The van der Waals surface area contributed by atoms with Crippen molar-refractivity contribution in [2.45, 2.75) is 32.3 Å². The molecule has 2 heterocycles. The molecule has 7 heteroatoms. The molecule has 0 bridgehead atoms. The number of halogens is 1. The first-order chi connectivity index (χ1) is 9.84. The third kappa shape index (κ3) is 3.45. The second kappa shape index (κ2) is 5.90. The molecule has 1 aromatic heterocycles. The van der Waals surface area contributed by atoms with Gasteiger partial charge in [0.1, 0.15) is 17.5 Å². The topological polar surface area (TPSA) is 92.2 Å². The van der Waals surface area contributed by atoms with Crippen molar-refractivity contribution >= 4 is 27.8 Å².